The molecule has 2 aromatic rings. The van der Waals surface area contributed by atoms with Gasteiger partial charge in [-0.25, -0.2) is 0 Å². The van der Waals surface area contributed by atoms with Crippen molar-refractivity contribution in [3.63, 3.8) is 0 Å². The first-order valence-corrected chi connectivity index (χ1v) is 7.43. The van der Waals surface area contributed by atoms with Crippen LogP contribution in [0.4, 0.5) is 11.4 Å². The topological polar surface area (TPSA) is 76.7 Å². The third kappa shape index (κ3) is 5.01. The van der Waals surface area contributed by atoms with E-state index in [1.54, 1.807) is 18.2 Å². The Labute approximate surface area is 140 Å². The van der Waals surface area contributed by atoms with Crippen molar-refractivity contribution in [2.75, 3.05) is 24.4 Å². The molecule has 0 atom stereocenters. The molecule has 0 saturated carbocycles. The highest BCUT2D eigenvalue weighted by molar-refractivity contribution is 5.95. The number of carbonyl (C=O) groups is 2. The Bertz CT molecular complexity index is 726. The van der Waals surface area contributed by atoms with E-state index in [4.69, 9.17) is 9.47 Å². The summed E-state index contributed by atoms with van der Waals surface area (Å²) in [6, 6.07) is 12.4. The van der Waals surface area contributed by atoms with E-state index in [9.17, 15) is 9.59 Å². The van der Waals surface area contributed by atoms with E-state index in [1.807, 2.05) is 31.2 Å². The lowest BCUT2D eigenvalue weighted by atomic mass is 10.2. The smallest absolute Gasteiger partial charge is 0.262 e. The molecule has 2 aromatic carbocycles. The van der Waals surface area contributed by atoms with Crippen LogP contribution >= 0.6 is 0 Å². The molecule has 6 heteroatoms. The van der Waals surface area contributed by atoms with Gasteiger partial charge in [-0.15, -0.1) is 0 Å². The molecule has 0 fully saturated rings. The van der Waals surface area contributed by atoms with E-state index in [0.29, 0.717) is 22.9 Å². The SMILES string of the molecule is COc1ccc(NC(=O)COc2ccc(C)cc2)cc1NC(C)=O. The van der Waals surface area contributed by atoms with Crippen LogP contribution < -0.4 is 20.1 Å². The Morgan fingerprint density at radius 2 is 1.75 bits per heavy atom. The first-order valence-electron chi connectivity index (χ1n) is 7.43. The van der Waals surface area contributed by atoms with Gasteiger partial charge >= 0.3 is 0 Å². The van der Waals surface area contributed by atoms with Crippen LogP contribution in [0.2, 0.25) is 0 Å². The molecular weight excluding hydrogens is 308 g/mol. The minimum Gasteiger partial charge on any atom is -0.495 e. The highest BCUT2D eigenvalue weighted by Gasteiger charge is 2.09. The molecule has 0 unspecified atom stereocenters. The van der Waals surface area contributed by atoms with Crippen LogP contribution in [0.3, 0.4) is 0 Å². The third-order valence-corrected chi connectivity index (χ3v) is 3.18. The van der Waals surface area contributed by atoms with Crippen molar-refractivity contribution in [1.82, 2.24) is 0 Å². The first kappa shape index (κ1) is 17.3. The Morgan fingerprint density at radius 3 is 2.38 bits per heavy atom. The second kappa shape index (κ2) is 8.01. The zero-order chi connectivity index (χ0) is 17.5. The number of hydrogen-bond acceptors (Lipinski definition) is 4. The van der Waals surface area contributed by atoms with Crippen LogP contribution in [-0.2, 0) is 9.59 Å². The van der Waals surface area contributed by atoms with Crippen molar-refractivity contribution in [3.05, 3.63) is 48.0 Å². The van der Waals surface area contributed by atoms with Crippen molar-refractivity contribution in [2.45, 2.75) is 13.8 Å². The molecule has 0 heterocycles. The van der Waals surface area contributed by atoms with Gasteiger partial charge in [0.15, 0.2) is 6.61 Å². The summed E-state index contributed by atoms with van der Waals surface area (Å²) in [4.78, 5) is 23.2. The maximum absolute atomic E-state index is 12.0. The van der Waals surface area contributed by atoms with Crippen LogP contribution in [0, 0.1) is 6.92 Å². The zero-order valence-electron chi connectivity index (χ0n) is 13.9. The predicted octanol–water partition coefficient (Wildman–Crippen LogP) is 2.98. The van der Waals surface area contributed by atoms with Crippen LogP contribution in [0.5, 0.6) is 11.5 Å². The fraction of sp³-hybridized carbons (Fsp3) is 0.222. The van der Waals surface area contributed by atoms with Gasteiger partial charge in [0.1, 0.15) is 11.5 Å². The van der Waals surface area contributed by atoms with E-state index in [0.717, 1.165) is 5.56 Å². The van der Waals surface area contributed by atoms with Gasteiger partial charge in [0.2, 0.25) is 5.91 Å². The Kier molecular flexibility index (Phi) is 5.78. The van der Waals surface area contributed by atoms with Gasteiger partial charge in [0, 0.05) is 12.6 Å². The third-order valence-electron chi connectivity index (χ3n) is 3.18. The fourth-order valence-electron chi connectivity index (χ4n) is 2.05. The van der Waals surface area contributed by atoms with Gasteiger partial charge in [-0.1, -0.05) is 17.7 Å². The van der Waals surface area contributed by atoms with Gasteiger partial charge < -0.3 is 20.1 Å². The fourth-order valence-corrected chi connectivity index (χ4v) is 2.05. The summed E-state index contributed by atoms with van der Waals surface area (Å²) in [5, 5.41) is 5.37. The monoisotopic (exact) mass is 328 g/mol. The molecule has 2 N–H and O–H groups in total. The number of benzene rings is 2. The summed E-state index contributed by atoms with van der Waals surface area (Å²) in [7, 11) is 1.51. The molecule has 24 heavy (non-hydrogen) atoms. The van der Waals surface area contributed by atoms with E-state index in [-0.39, 0.29) is 18.4 Å². The van der Waals surface area contributed by atoms with E-state index >= 15 is 0 Å². The molecule has 0 bridgehead atoms. The zero-order valence-corrected chi connectivity index (χ0v) is 13.9. The molecule has 0 aromatic heterocycles. The van der Waals surface area contributed by atoms with Gasteiger partial charge in [-0.3, -0.25) is 9.59 Å². The standard InChI is InChI=1S/C18H20N2O4/c1-12-4-7-15(8-5-12)24-11-18(22)20-14-6-9-17(23-3)16(10-14)19-13(2)21/h4-10H,11H2,1-3H3,(H,19,21)(H,20,22). The highest BCUT2D eigenvalue weighted by Crippen LogP contribution is 2.27. The van der Waals surface area contributed by atoms with Gasteiger partial charge in [0.25, 0.3) is 5.91 Å². The minimum absolute atomic E-state index is 0.107. The van der Waals surface area contributed by atoms with E-state index in [2.05, 4.69) is 10.6 Å². The van der Waals surface area contributed by atoms with Crippen molar-refractivity contribution in [3.8, 4) is 11.5 Å². The summed E-state index contributed by atoms with van der Waals surface area (Å²) in [5.74, 6) is 0.623. The second-order valence-electron chi connectivity index (χ2n) is 5.25. The van der Waals surface area contributed by atoms with Crippen LogP contribution in [0.25, 0.3) is 0 Å². The highest BCUT2D eigenvalue weighted by atomic mass is 16.5. The van der Waals surface area contributed by atoms with E-state index < -0.39 is 0 Å². The summed E-state index contributed by atoms with van der Waals surface area (Å²) in [6.07, 6.45) is 0. The Hall–Kier alpha value is -3.02. The van der Waals surface area contributed by atoms with Crippen LogP contribution in [-0.4, -0.2) is 25.5 Å². The summed E-state index contributed by atoms with van der Waals surface area (Å²) in [6.45, 7) is 3.28. The molecular formula is C18H20N2O4. The van der Waals surface area contributed by atoms with Crippen LogP contribution in [0.15, 0.2) is 42.5 Å². The van der Waals surface area contributed by atoms with Crippen molar-refractivity contribution < 1.29 is 19.1 Å². The maximum Gasteiger partial charge on any atom is 0.262 e. The summed E-state index contributed by atoms with van der Waals surface area (Å²) in [5.41, 5.74) is 2.15. The molecule has 0 aliphatic rings. The van der Waals surface area contributed by atoms with Crippen LogP contribution in [0.1, 0.15) is 12.5 Å². The lowest BCUT2D eigenvalue weighted by molar-refractivity contribution is -0.118. The lowest BCUT2D eigenvalue weighted by Crippen LogP contribution is -2.20. The largest absolute Gasteiger partial charge is 0.495 e. The predicted molar refractivity (Wildman–Crippen MR) is 92.6 cm³/mol. The number of hydrogen-bond donors (Lipinski definition) is 2. The second-order valence-corrected chi connectivity index (χ2v) is 5.25. The van der Waals surface area contributed by atoms with Crippen molar-refractivity contribution >= 4 is 23.2 Å². The number of aryl methyl sites for hydroxylation is 1. The quantitative estimate of drug-likeness (QED) is 0.855. The average molecular weight is 328 g/mol. The minimum atomic E-state index is -0.297. The number of methoxy groups -OCH3 is 1. The number of nitrogens with one attached hydrogen (secondary N) is 2. The molecule has 2 amide bonds. The number of amides is 2. The molecule has 0 saturated heterocycles. The summed E-state index contributed by atoms with van der Waals surface area (Å²) >= 11 is 0. The number of ether oxygens (including phenoxy) is 2. The molecule has 6 nitrogen and oxygen atoms in total. The molecule has 0 spiro atoms. The normalized spacial score (nSPS) is 9.96. The van der Waals surface area contributed by atoms with Gasteiger partial charge in [-0.05, 0) is 37.3 Å². The molecule has 0 aliphatic carbocycles. The molecule has 126 valence electrons. The first-order chi connectivity index (χ1) is 11.5. The number of carbonyl (C=O) groups excluding carboxylic acids is 2. The number of rotatable bonds is 6. The van der Waals surface area contributed by atoms with Gasteiger partial charge in [0.05, 0.1) is 12.8 Å². The van der Waals surface area contributed by atoms with Crippen molar-refractivity contribution in [1.29, 1.82) is 0 Å². The van der Waals surface area contributed by atoms with Gasteiger partial charge in [-0.2, -0.15) is 0 Å². The molecule has 2 rings (SSSR count). The van der Waals surface area contributed by atoms with E-state index in [1.165, 1.54) is 14.0 Å². The summed E-state index contributed by atoms with van der Waals surface area (Å²) < 4.78 is 10.6. The molecule has 0 radical (unpaired) electrons. The lowest BCUT2D eigenvalue weighted by Gasteiger charge is -2.12. The molecule has 0 aliphatic heterocycles. The maximum atomic E-state index is 12.0. The average Bonchev–Trinajstić information content (AvgIpc) is 2.54. The van der Waals surface area contributed by atoms with Crippen molar-refractivity contribution in [2.24, 2.45) is 0 Å². The Morgan fingerprint density at radius 1 is 1.04 bits per heavy atom. The number of anilines is 2. The Balaban J connectivity index is 1.97.